The molecule has 0 saturated heterocycles. The Morgan fingerprint density at radius 1 is 0.833 bits per heavy atom. The molecule has 2 rings (SSSR count). The number of hydrogen-bond donors (Lipinski definition) is 0. The summed E-state index contributed by atoms with van der Waals surface area (Å²) in [6, 6.07) is 11.7. The van der Waals surface area contributed by atoms with Crippen molar-refractivity contribution in [1.29, 1.82) is 0 Å². The molecule has 0 aliphatic heterocycles. The minimum absolute atomic E-state index is 0.785. The lowest BCUT2D eigenvalue weighted by Crippen LogP contribution is -1.93. The van der Waals surface area contributed by atoms with Crippen molar-refractivity contribution >= 4 is 31.9 Å². The Labute approximate surface area is 123 Å². The molecule has 0 atom stereocenters. The first-order chi connectivity index (χ1) is 8.69. The number of hydrogen-bond acceptors (Lipinski definition) is 2. The second kappa shape index (κ2) is 5.76. The molecular formula is C14H12Br2O2. The van der Waals surface area contributed by atoms with Gasteiger partial charge in [-0.2, -0.15) is 0 Å². The van der Waals surface area contributed by atoms with Crippen LogP contribution in [0.3, 0.4) is 0 Å². The predicted octanol–water partition coefficient (Wildman–Crippen LogP) is 4.90. The molecule has 0 heterocycles. The second-order valence-electron chi connectivity index (χ2n) is 3.64. The summed E-state index contributed by atoms with van der Waals surface area (Å²) in [5.41, 5.74) is 1.97. The van der Waals surface area contributed by atoms with Crippen LogP contribution in [0.1, 0.15) is 0 Å². The maximum atomic E-state index is 5.42. The van der Waals surface area contributed by atoms with E-state index in [1.54, 1.807) is 14.2 Å². The molecule has 2 aromatic carbocycles. The maximum absolute atomic E-state index is 5.42. The fourth-order valence-electron chi connectivity index (χ4n) is 1.81. The molecule has 2 aromatic rings. The van der Waals surface area contributed by atoms with Gasteiger partial charge in [0.1, 0.15) is 11.5 Å². The molecule has 0 amide bonds. The van der Waals surface area contributed by atoms with E-state index in [1.165, 1.54) is 0 Å². The quantitative estimate of drug-likeness (QED) is 0.764. The first kappa shape index (κ1) is 13.4. The van der Waals surface area contributed by atoms with E-state index >= 15 is 0 Å². The molecule has 0 aliphatic rings. The normalized spacial score (nSPS) is 10.2. The highest BCUT2D eigenvalue weighted by molar-refractivity contribution is 9.13. The fourth-order valence-corrected chi connectivity index (χ4v) is 2.64. The molecule has 94 valence electrons. The van der Waals surface area contributed by atoms with Crippen molar-refractivity contribution < 1.29 is 9.47 Å². The number of rotatable bonds is 3. The molecule has 0 spiro atoms. The van der Waals surface area contributed by atoms with Crippen molar-refractivity contribution in [2.24, 2.45) is 0 Å². The molecule has 18 heavy (non-hydrogen) atoms. The third-order valence-electron chi connectivity index (χ3n) is 2.65. The third-order valence-corrected chi connectivity index (χ3v) is 4.70. The monoisotopic (exact) mass is 370 g/mol. The highest BCUT2D eigenvalue weighted by Crippen LogP contribution is 2.43. The molecule has 0 fully saturated rings. The Morgan fingerprint density at radius 2 is 1.39 bits per heavy atom. The fraction of sp³-hybridized carbons (Fsp3) is 0.143. The van der Waals surface area contributed by atoms with Gasteiger partial charge in [0.25, 0.3) is 0 Å². The van der Waals surface area contributed by atoms with Gasteiger partial charge in [0.05, 0.1) is 19.8 Å². The van der Waals surface area contributed by atoms with Crippen molar-refractivity contribution in [3.63, 3.8) is 0 Å². The van der Waals surface area contributed by atoms with E-state index in [4.69, 9.17) is 9.47 Å². The maximum Gasteiger partial charge on any atom is 0.130 e. The molecule has 0 bridgehead atoms. The minimum atomic E-state index is 0.785. The van der Waals surface area contributed by atoms with Crippen LogP contribution < -0.4 is 9.47 Å². The summed E-state index contributed by atoms with van der Waals surface area (Å²) in [4.78, 5) is 0. The van der Waals surface area contributed by atoms with E-state index in [2.05, 4.69) is 31.9 Å². The average molecular weight is 372 g/mol. The number of halogens is 2. The van der Waals surface area contributed by atoms with Gasteiger partial charge in [0.2, 0.25) is 0 Å². The number of ether oxygens (including phenoxy) is 2. The lowest BCUT2D eigenvalue weighted by Gasteiger charge is -2.14. The Morgan fingerprint density at radius 3 is 1.94 bits per heavy atom. The molecule has 0 aromatic heterocycles. The summed E-state index contributed by atoms with van der Waals surface area (Å²) in [7, 11) is 3.31. The van der Waals surface area contributed by atoms with Crippen LogP contribution in [0.2, 0.25) is 0 Å². The Hall–Kier alpha value is -1.000. The van der Waals surface area contributed by atoms with Gasteiger partial charge >= 0.3 is 0 Å². The van der Waals surface area contributed by atoms with E-state index in [0.29, 0.717) is 0 Å². The zero-order valence-electron chi connectivity index (χ0n) is 10.0. The zero-order valence-corrected chi connectivity index (χ0v) is 13.2. The van der Waals surface area contributed by atoms with Crippen molar-refractivity contribution in [2.75, 3.05) is 14.2 Å². The topological polar surface area (TPSA) is 18.5 Å². The molecular weight excluding hydrogens is 360 g/mol. The summed E-state index contributed by atoms with van der Waals surface area (Å²) >= 11 is 7.09. The van der Waals surface area contributed by atoms with Crippen LogP contribution in [-0.2, 0) is 0 Å². The summed E-state index contributed by atoms with van der Waals surface area (Å²) in [6.07, 6.45) is 0. The molecule has 2 nitrogen and oxygen atoms in total. The van der Waals surface area contributed by atoms with Gasteiger partial charge in [-0.25, -0.2) is 0 Å². The van der Waals surface area contributed by atoms with Crippen molar-refractivity contribution in [3.05, 3.63) is 45.3 Å². The van der Waals surface area contributed by atoms with Crippen LogP contribution in [-0.4, -0.2) is 14.2 Å². The lowest BCUT2D eigenvalue weighted by atomic mass is 10.0. The summed E-state index contributed by atoms with van der Waals surface area (Å²) in [5.74, 6) is 1.57. The minimum Gasteiger partial charge on any atom is -0.496 e. The van der Waals surface area contributed by atoms with Crippen LogP contribution in [0.4, 0.5) is 0 Å². The van der Waals surface area contributed by atoms with E-state index < -0.39 is 0 Å². The summed E-state index contributed by atoms with van der Waals surface area (Å²) in [6.45, 7) is 0. The van der Waals surface area contributed by atoms with Crippen molar-refractivity contribution in [3.8, 4) is 22.6 Å². The Bertz CT molecular complexity index is 545. The van der Waals surface area contributed by atoms with Crippen LogP contribution in [0, 0.1) is 0 Å². The molecule has 0 unspecified atom stereocenters. The standard InChI is InChI=1S/C14H12Br2O2/c1-17-11-7-4-8-12(18-2)13(11)9-5-3-6-10(15)14(9)16/h3-8H,1-2H3. The van der Waals surface area contributed by atoms with Crippen LogP contribution in [0.25, 0.3) is 11.1 Å². The van der Waals surface area contributed by atoms with E-state index in [1.807, 2.05) is 36.4 Å². The Kier molecular flexibility index (Phi) is 4.30. The van der Waals surface area contributed by atoms with Gasteiger partial charge in [-0.3, -0.25) is 0 Å². The van der Waals surface area contributed by atoms with Crippen molar-refractivity contribution in [2.45, 2.75) is 0 Å². The number of benzene rings is 2. The zero-order chi connectivity index (χ0) is 13.1. The third kappa shape index (κ3) is 2.40. The average Bonchev–Trinajstić information content (AvgIpc) is 2.41. The molecule has 0 saturated carbocycles. The van der Waals surface area contributed by atoms with Crippen LogP contribution in [0.15, 0.2) is 45.3 Å². The van der Waals surface area contributed by atoms with Gasteiger partial charge in [-0.1, -0.05) is 18.2 Å². The Balaban J connectivity index is 2.73. The molecule has 0 aliphatic carbocycles. The van der Waals surface area contributed by atoms with Gasteiger partial charge in [-0.15, -0.1) is 0 Å². The molecule has 0 N–H and O–H groups in total. The van der Waals surface area contributed by atoms with Gasteiger partial charge in [-0.05, 0) is 50.1 Å². The largest absolute Gasteiger partial charge is 0.496 e. The highest BCUT2D eigenvalue weighted by Gasteiger charge is 2.15. The summed E-state index contributed by atoms with van der Waals surface area (Å²) < 4.78 is 12.8. The van der Waals surface area contributed by atoms with E-state index in [-0.39, 0.29) is 0 Å². The number of methoxy groups -OCH3 is 2. The smallest absolute Gasteiger partial charge is 0.130 e. The van der Waals surface area contributed by atoms with E-state index in [9.17, 15) is 0 Å². The SMILES string of the molecule is COc1cccc(OC)c1-c1cccc(Br)c1Br. The van der Waals surface area contributed by atoms with Gasteiger partial charge in [0.15, 0.2) is 0 Å². The predicted molar refractivity (Wildman–Crippen MR) is 80.4 cm³/mol. The summed E-state index contributed by atoms with van der Waals surface area (Å²) in [5, 5.41) is 0. The van der Waals surface area contributed by atoms with Crippen LogP contribution in [0.5, 0.6) is 11.5 Å². The second-order valence-corrected chi connectivity index (χ2v) is 5.29. The lowest BCUT2D eigenvalue weighted by molar-refractivity contribution is 0.397. The van der Waals surface area contributed by atoms with Crippen LogP contribution >= 0.6 is 31.9 Å². The van der Waals surface area contributed by atoms with Crippen molar-refractivity contribution in [1.82, 2.24) is 0 Å². The first-order valence-electron chi connectivity index (χ1n) is 5.34. The molecule has 4 heteroatoms. The van der Waals surface area contributed by atoms with E-state index in [0.717, 1.165) is 31.6 Å². The molecule has 0 radical (unpaired) electrons. The van der Waals surface area contributed by atoms with Gasteiger partial charge < -0.3 is 9.47 Å². The highest BCUT2D eigenvalue weighted by atomic mass is 79.9. The first-order valence-corrected chi connectivity index (χ1v) is 6.93. The van der Waals surface area contributed by atoms with Gasteiger partial charge in [0, 0.05) is 14.5 Å².